The van der Waals surface area contributed by atoms with Crippen molar-refractivity contribution in [1.29, 1.82) is 0 Å². The minimum absolute atomic E-state index is 0.580. The third kappa shape index (κ3) is 1.16. The van der Waals surface area contributed by atoms with E-state index in [0.717, 1.165) is 3.92 Å². The summed E-state index contributed by atoms with van der Waals surface area (Å²) >= 11 is 4.50. The van der Waals surface area contributed by atoms with Gasteiger partial charge in [0.25, 0.3) is 5.19 Å². The standard InChI is InChI=1S/C3H3BrN2OS/c1-7-3-6-5-2(4)8-3/h1H3. The van der Waals surface area contributed by atoms with Crippen molar-refractivity contribution in [2.45, 2.75) is 0 Å². The maximum Gasteiger partial charge on any atom is 0.294 e. The topological polar surface area (TPSA) is 35.0 Å². The summed E-state index contributed by atoms with van der Waals surface area (Å²) < 4.78 is 5.49. The Morgan fingerprint density at radius 1 is 1.62 bits per heavy atom. The molecule has 0 radical (unpaired) electrons. The number of nitrogens with zero attached hydrogens (tertiary/aromatic N) is 2. The van der Waals surface area contributed by atoms with Gasteiger partial charge in [-0.25, -0.2) is 0 Å². The van der Waals surface area contributed by atoms with Crippen LogP contribution in [0.25, 0.3) is 0 Å². The molecule has 0 aliphatic carbocycles. The van der Waals surface area contributed by atoms with Crippen LogP contribution in [0.15, 0.2) is 3.92 Å². The van der Waals surface area contributed by atoms with Crippen LogP contribution in [-0.2, 0) is 0 Å². The average molecular weight is 195 g/mol. The Bertz CT molecular complexity index is 178. The van der Waals surface area contributed by atoms with Crippen molar-refractivity contribution >= 4 is 27.3 Å². The summed E-state index contributed by atoms with van der Waals surface area (Å²) in [6, 6.07) is 0. The van der Waals surface area contributed by atoms with Gasteiger partial charge in [-0.15, -0.1) is 5.10 Å². The van der Waals surface area contributed by atoms with Gasteiger partial charge in [0.15, 0.2) is 3.92 Å². The number of hydrogen-bond acceptors (Lipinski definition) is 4. The number of hydrogen-bond donors (Lipinski definition) is 0. The second kappa shape index (κ2) is 2.41. The summed E-state index contributed by atoms with van der Waals surface area (Å²) in [5, 5.41) is 7.86. The molecule has 1 rings (SSSR count). The van der Waals surface area contributed by atoms with Crippen molar-refractivity contribution in [1.82, 2.24) is 10.2 Å². The molecule has 0 amide bonds. The first-order valence-corrected chi connectivity index (χ1v) is 3.47. The van der Waals surface area contributed by atoms with Gasteiger partial charge in [0.05, 0.1) is 7.11 Å². The van der Waals surface area contributed by atoms with Crippen molar-refractivity contribution in [3.8, 4) is 5.19 Å². The number of ether oxygens (including phenoxy) is 1. The lowest BCUT2D eigenvalue weighted by atomic mass is 11.4. The molecular weight excluding hydrogens is 192 g/mol. The number of methoxy groups -OCH3 is 1. The van der Waals surface area contributed by atoms with E-state index < -0.39 is 0 Å². The van der Waals surface area contributed by atoms with Gasteiger partial charge in [-0.1, -0.05) is 5.10 Å². The highest BCUT2D eigenvalue weighted by atomic mass is 79.9. The molecule has 0 aliphatic heterocycles. The number of rotatable bonds is 1. The molecule has 0 fully saturated rings. The fourth-order valence-electron chi connectivity index (χ4n) is 0.275. The molecule has 0 atom stereocenters. The molecule has 44 valence electrons. The van der Waals surface area contributed by atoms with Gasteiger partial charge in [-0.2, -0.15) is 0 Å². The predicted molar refractivity (Wildman–Crippen MR) is 34.2 cm³/mol. The zero-order chi connectivity index (χ0) is 5.98. The molecule has 0 spiro atoms. The van der Waals surface area contributed by atoms with Crippen LogP contribution in [0.2, 0.25) is 0 Å². The van der Waals surface area contributed by atoms with Crippen molar-refractivity contribution < 1.29 is 4.74 Å². The Labute approximate surface area is 58.8 Å². The first-order valence-electron chi connectivity index (χ1n) is 1.86. The van der Waals surface area contributed by atoms with E-state index in [-0.39, 0.29) is 0 Å². The maximum absolute atomic E-state index is 4.75. The second-order valence-corrected chi connectivity index (χ2v) is 3.24. The van der Waals surface area contributed by atoms with Gasteiger partial charge < -0.3 is 4.74 Å². The van der Waals surface area contributed by atoms with E-state index in [2.05, 4.69) is 26.1 Å². The third-order valence-corrected chi connectivity index (χ3v) is 1.87. The summed E-state index contributed by atoms with van der Waals surface area (Å²) in [7, 11) is 1.56. The van der Waals surface area contributed by atoms with Crippen LogP contribution in [-0.4, -0.2) is 17.3 Å². The van der Waals surface area contributed by atoms with Gasteiger partial charge in [-0.3, -0.25) is 0 Å². The Balaban J connectivity index is 2.84. The van der Waals surface area contributed by atoms with Crippen LogP contribution in [0.4, 0.5) is 0 Å². The van der Waals surface area contributed by atoms with Crippen molar-refractivity contribution in [2.75, 3.05) is 7.11 Å². The molecule has 5 heteroatoms. The third-order valence-electron chi connectivity index (χ3n) is 0.556. The predicted octanol–water partition coefficient (Wildman–Crippen LogP) is 1.31. The highest BCUT2D eigenvalue weighted by Gasteiger charge is 1.96. The SMILES string of the molecule is COc1nnc(Br)s1. The van der Waals surface area contributed by atoms with E-state index in [1.54, 1.807) is 7.11 Å². The van der Waals surface area contributed by atoms with E-state index >= 15 is 0 Å². The molecule has 0 unspecified atom stereocenters. The summed E-state index contributed by atoms with van der Waals surface area (Å²) in [6.45, 7) is 0. The largest absolute Gasteiger partial charge is 0.472 e. The van der Waals surface area contributed by atoms with Crippen LogP contribution in [0.5, 0.6) is 5.19 Å². The quantitative estimate of drug-likeness (QED) is 0.677. The van der Waals surface area contributed by atoms with Crippen LogP contribution < -0.4 is 4.74 Å². The van der Waals surface area contributed by atoms with Gasteiger partial charge in [-0.05, 0) is 27.3 Å². The zero-order valence-corrected chi connectivity index (χ0v) is 6.49. The molecule has 0 aliphatic rings. The molecule has 8 heavy (non-hydrogen) atoms. The van der Waals surface area contributed by atoms with E-state index in [1.165, 1.54) is 11.3 Å². The lowest BCUT2D eigenvalue weighted by Crippen LogP contribution is -1.78. The van der Waals surface area contributed by atoms with Crippen molar-refractivity contribution in [2.24, 2.45) is 0 Å². The monoisotopic (exact) mass is 194 g/mol. The van der Waals surface area contributed by atoms with Crippen LogP contribution in [0.3, 0.4) is 0 Å². The highest BCUT2D eigenvalue weighted by molar-refractivity contribution is 9.11. The fraction of sp³-hybridized carbons (Fsp3) is 0.333. The minimum Gasteiger partial charge on any atom is -0.472 e. The first kappa shape index (κ1) is 5.97. The highest BCUT2D eigenvalue weighted by Crippen LogP contribution is 2.21. The number of aromatic nitrogens is 2. The van der Waals surface area contributed by atoms with Crippen LogP contribution >= 0.6 is 27.3 Å². The molecule has 1 heterocycles. The Kier molecular flexibility index (Phi) is 1.80. The molecule has 0 saturated carbocycles. The Hall–Kier alpha value is -0.160. The van der Waals surface area contributed by atoms with Crippen molar-refractivity contribution in [3.05, 3.63) is 3.92 Å². The summed E-state index contributed by atoms with van der Waals surface area (Å²) in [5.41, 5.74) is 0. The maximum atomic E-state index is 4.75. The van der Waals surface area contributed by atoms with E-state index in [4.69, 9.17) is 4.74 Å². The zero-order valence-electron chi connectivity index (χ0n) is 4.09. The van der Waals surface area contributed by atoms with Gasteiger partial charge in [0.2, 0.25) is 0 Å². The van der Waals surface area contributed by atoms with Crippen molar-refractivity contribution in [3.63, 3.8) is 0 Å². The summed E-state index contributed by atoms with van der Waals surface area (Å²) in [5.74, 6) is 0. The normalized spacial score (nSPS) is 9.25. The first-order chi connectivity index (χ1) is 3.83. The van der Waals surface area contributed by atoms with E-state index in [9.17, 15) is 0 Å². The molecule has 0 saturated heterocycles. The van der Waals surface area contributed by atoms with Gasteiger partial charge >= 0.3 is 0 Å². The average Bonchev–Trinajstić information content (AvgIpc) is 2.14. The van der Waals surface area contributed by atoms with Crippen LogP contribution in [0, 0.1) is 0 Å². The Morgan fingerprint density at radius 3 is 2.62 bits per heavy atom. The summed E-state index contributed by atoms with van der Waals surface area (Å²) in [4.78, 5) is 0. The molecular formula is C3H3BrN2OS. The molecule has 1 aromatic rings. The van der Waals surface area contributed by atoms with E-state index in [0.29, 0.717) is 5.19 Å². The molecule has 1 aromatic heterocycles. The Morgan fingerprint density at radius 2 is 2.38 bits per heavy atom. The molecule has 3 nitrogen and oxygen atoms in total. The van der Waals surface area contributed by atoms with Crippen LogP contribution in [0.1, 0.15) is 0 Å². The molecule has 0 N–H and O–H groups in total. The number of halogens is 1. The minimum atomic E-state index is 0.580. The van der Waals surface area contributed by atoms with Gasteiger partial charge in [0, 0.05) is 0 Å². The lowest BCUT2D eigenvalue weighted by Gasteiger charge is -1.82. The second-order valence-electron chi connectivity index (χ2n) is 1.03. The summed E-state index contributed by atoms with van der Waals surface area (Å²) in [6.07, 6.45) is 0. The molecule has 0 aromatic carbocycles. The van der Waals surface area contributed by atoms with E-state index in [1.807, 2.05) is 0 Å². The van der Waals surface area contributed by atoms with Gasteiger partial charge in [0.1, 0.15) is 0 Å². The smallest absolute Gasteiger partial charge is 0.294 e. The molecule has 0 bridgehead atoms. The lowest BCUT2D eigenvalue weighted by molar-refractivity contribution is 0.407. The fourth-order valence-corrected chi connectivity index (χ4v) is 1.16.